The molecule has 3 nitrogen and oxygen atoms in total. The van der Waals surface area contributed by atoms with Gasteiger partial charge in [-0.05, 0) is 25.6 Å². The highest BCUT2D eigenvalue weighted by Gasteiger charge is 2.17. The zero-order valence-electron chi connectivity index (χ0n) is 13.0. The quantitative estimate of drug-likeness (QED) is 0.879. The maximum Gasteiger partial charge on any atom is 0.0235 e. The van der Waals surface area contributed by atoms with Crippen molar-refractivity contribution >= 4 is 0 Å². The molecule has 0 aromatic heterocycles. The van der Waals surface area contributed by atoms with Gasteiger partial charge in [0.2, 0.25) is 0 Å². The average molecular weight is 265 g/mol. The summed E-state index contributed by atoms with van der Waals surface area (Å²) in [6.07, 6.45) is 1.15. The molecule has 0 bridgehead atoms. The van der Waals surface area contributed by atoms with Gasteiger partial charge in [-0.2, -0.15) is 0 Å². The van der Waals surface area contributed by atoms with Gasteiger partial charge in [-0.15, -0.1) is 0 Å². The monoisotopic (exact) mass is 265 g/mol. The van der Waals surface area contributed by atoms with Crippen molar-refractivity contribution in [1.82, 2.24) is 10.2 Å². The molecule has 0 saturated carbocycles. The molecule has 19 heavy (non-hydrogen) atoms. The summed E-state index contributed by atoms with van der Waals surface area (Å²) < 4.78 is 0. The molecule has 1 fully saturated rings. The molecule has 1 unspecified atom stereocenters. The van der Waals surface area contributed by atoms with Crippen LogP contribution in [0.1, 0.15) is 26.3 Å². The van der Waals surface area contributed by atoms with E-state index in [4.69, 9.17) is 0 Å². The van der Waals surface area contributed by atoms with Crippen molar-refractivity contribution in [3.63, 3.8) is 0 Å². The number of nitrogens with zero attached hydrogens (tertiary/aromatic N) is 1. The van der Waals surface area contributed by atoms with E-state index in [0.29, 0.717) is 6.04 Å². The minimum Gasteiger partial charge on any atom is -0.333 e. The SMILES string of the molecule is CC.CCN1CCNC(Cc2ccccc2)C1.CN. The van der Waals surface area contributed by atoms with Crippen molar-refractivity contribution in [2.75, 3.05) is 33.2 Å². The standard InChI is InChI=1S/C13H20N2.C2H6.CH5N/c1-2-15-9-8-14-13(11-15)10-12-6-4-3-5-7-12;2*1-2/h3-7,13-14H,2,8-11H2,1H3;1-2H3;2H2,1H3. The Bertz CT molecular complexity index is 287. The lowest BCUT2D eigenvalue weighted by molar-refractivity contribution is 0.208. The van der Waals surface area contributed by atoms with E-state index < -0.39 is 0 Å². The summed E-state index contributed by atoms with van der Waals surface area (Å²) in [5.74, 6) is 0. The van der Waals surface area contributed by atoms with E-state index in [9.17, 15) is 0 Å². The molecule has 1 atom stereocenters. The maximum absolute atomic E-state index is 4.50. The molecule has 3 heteroatoms. The highest BCUT2D eigenvalue weighted by Crippen LogP contribution is 2.07. The summed E-state index contributed by atoms with van der Waals surface area (Å²) in [6.45, 7) is 10.9. The Morgan fingerprint density at radius 3 is 2.42 bits per heavy atom. The Kier molecular flexibility index (Phi) is 11.6. The minimum absolute atomic E-state index is 0.626. The van der Waals surface area contributed by atoms with Gasteiger partial charge in [0, 0.05) is 25.7 Å². The van der Waals surface area contributed by atoms with Gasteiger partial charge in [0.1, 0.15) is 0 Å². The van der Waals surface area contributed by atoms with E-state index in [-0.39, 0.29) is 0 Å². The summed E-state index contributed by atoms with van der Waals surface area (Å²) in [4.78, 5) is 2.52. The van der Waals surface area contributed by atoms with Crippen LogP contribution in [0.4, 0.5) is 0 Å². The van der Waals surface area contributed by atoms with E-state index in [1.165, 1.54) is 32.2 Å². The third kappa shape index (κ3) is 7.31. The van der Waals surface area contributed by atoms with Crippen LogP contribution in [0.3, 0.4) is 0 Å². The van der Waals surface area contributed by atoms with Crippen molar-refractivity contribution in [1.29, 1.82) is 0 Å². The second-order valence-electron chi connectivity index (χ2n) is 4.23. The molecule has 1 aliphatic rings. The summed E-state index contributed by atoms with van der Waals surface area (Å²) in [7, 11) is 1.50. The fourth-order valence-electron chi connectivity index (χ4n) is 2.22. The number of nitrogens with two attached hydrogens (primary N) is 1. The fourth-order valence-corrected chi connectivity index (χ4v) is 2.22. The van der Waals surface area contributed by atoms with Crippen LogP contribution in [0.25, 0.3) is 0 Å². The molecule has 1 aromatic carbocycles. The number of hydrogen-bond donors (Lipinski definition) is 2. The molecule has 0 aliphatic carbocycles. The number of hydrogen-bond acceptors (Lipinski definition) is 3. The van der Waals surface area contributed by atoms with Crippen molar-refractivity contribution < 1.29 is 0 Å². The first-order chi connectivity index (χ1) is 9.38. The van der Waals surface area contributed by atoms with Crippen molar-refractivity contribution in [3.8, 4) is 0 Å². The van der Waals surface area contributed by atoms with Crippen LogP contribution in [0.2, 0.25) is 0 Å². The Morgan fingerprint density at radius 2 is 1.84 bits per heavy atom. The molecule has 0 spiro atoms. The average Bonchev–Trinajstić information content (AvgIpc) is 2.52. The van der Waals surface area contributed by atoms with Gasteiger partial charge >= 0.3 is 0 Å². The minimum atomic E-state index is 0.626. The summed E-state index contributed by atoms with van der Waals surface area (Å²) in [5, 5.41) is 3.59. The number of benzene rings is 1. The Morgan fingerprint density at radius 1 is 1.21 bits per heavy atom. The van der Waals surface area contributed by atoms with Crippen LogP contribution in [0, 0.1) is 0 Å². The molecule has 1 aliphatic heterocycles. The first-order valence-corrected chi connectivity index (χ1v) is 7.46. The van der Waals surface area contributed by atoms with Crippen LogP contribution >= 0.6 is 0 Å². The van der Waals surface area contributed by atoms with E-state index >= 15 is 0 Å². The zero-order chi connectivity index (χ0) is 14.5. The van der Waals surface area contributed by atoms with Crippen LogP contribution in [-0.2, 0) is 6.42 Å². The first kappa shape index (κ1) is 18.1. The number of nitrogens with one attached hydrogen (secondary N) is 1. The van der Waals surface area contributed by atoms with Crippen LogP contribution in [0.15, 0.2) is 30.3 Å². The van der Waals surface area contributed by atoms with E-state index in [1.54, 1.807) is 0 Å². The van der Waals surface area contributed by atoms with Crippen LogP contribution in [-0.4, -0.2) is 44.2 Å². The van der Waals surface area contributed by atoms with Gasteiger partial charge in [-0.3, -0.25) is 0 Å². The number of piperazine rings is 1. The maximum atomic E-state index is 4.50. The molecular weight excluding hydrogens is 234 g/mol. The molecule has 1 heterocycles. The molecule has 0 amide bonds. The van der Waals surface area contributed by atoms with Gasteiger partial charge in [-0.25, -0.2) is 0 Å². The molecule has 3 N–H and O–H groups in total. The third-order valence-corrected chi connectivity index (χ3v) is 3.11. The van der Waals surface area contributed by atoms with Gasteiger partial charge in [-0.1, -0.05) is 51.1 Å². The Labute approximate surface area is 119 Å². The second kappa shape index (κ2) is 12.2. The second-order valence-corrected chi connectivity index (χ2v) is 4.23. The van der Waals surface area contributed by atoms with Crippen LogP contribution < -0.4 is 11.1 Å². The Hall–Kier alpha value is -0.900. The zero-order valence-corrected chi connectivity index (χ0v) is 13.0. The van der Waals surface area contributed by atoms with Gasteiger partial charge in [0.15, 0.2) is 0 Å². The summed E-state index contributed by atoms with van der Waals surface area (Å²) >= 11 is 0. The first-order valence-electron chi connectivity index (χ1n) is 7.46. The fraction of sp³-hybridized carbons (Fsp3) is 0.625. The summed E-state index contributed by atoms with van der Waals surface area (Å²) in [5.41, 5.74) is 5.94. The predicted octanol–water partition coefficient (Wildman–Crippen LogP) is 2.12. The highest BCUT2D eigenvalue weighted by molar-refractivity contribution is 5.16. The molecule has 1 saturated heterocycles. The van der Waals surface area contributed by atoms with E-state index in [2.05, 4.69) is 53.2 Å². The molecule has 0 radical (unpaired) electrons. The molecule has 1 aromatic rings. The number of likely N-dealkylation sites (N-methyl/N-ethyl adjacent to an activating group) is 1. The van der Waals surface area contributed by atoms with Crippen molar-refractivity contribution in [3.05, 3.63) is 35.9 Å². The number of rotatable bonds is 3. The van der Waals surface area contributed by atoms with Gasteiger partial charge in [0.05, 0.1) is 0 Å². The van der Waals surface area contributed by atoms with Gasteiger partial charge < -0.3 is 16.0 Å². The lowest BCUT2D eigenvalue weighted by Gasteiger charge is -2.33. The van der Waals surface area contributed by atoms with E-state index in [1.807, 2.05) is 13.8 Å². The van der Waals surface area contributed by atoms with E-state index in [0.717, 1.165) is 13.0 Å². The third-order valence-electron chi connectivity index (χ3n) is 3.11. The normalized spacial score (nSPS) is 18.7. The summed E-state index contributed by atoms with van der Waals surface area (Å²) in [6, 6.07) is 11.4. The largest absolute Gasteiger partial charge is 0.333 e. The molecule has 2 rings (SSSR count). The van der Waals surface area contributed by atoms with Gasteiger partial charge in [0.25, 0.3) is 0 Å². The molecular formula is C16H31N3. The van der Waals surface area contributed by atoms with Crippen LogP contribution in [0.5, 0.6) is 0 Å². The Balaban J connectivity index is 0.000000741. The van der Waals surface area contributed by atoms with Crippen molar-refractivity contribution in [2.24, 2.45) is 5.73 Å². The topological polar surface area (TPSA) is 41.3 Å². The molecule has 110 valence electrons. The smallest absolute Gasteiger partial charge is 0.0235 e. The highest BCUT2D eigenvalue weighted by atomic mass is 15.2. The lowest BCUT2D eigenvalue weighted by Crippen LogP contribution is -2.51. The lowest BCUT2D eigenvalue weighted by atomic mass is 10.0. The predicted molar refractivity (Wildman–Crippen MR) is 85.5 cm³/mol. The van der Waals surface area contributed by atoms with Crippen molar-refractivity contribution in [2.45, 2.75) is 33.2 Å².